The van der Waals surface area contributed by atoms with Gasteiger partial charge in [-0.3, -0.25) is 4.79 Å². The van der Waals surface area contributed by atoms with Crippen LogP contribution in [-0.4, -0.2) is 33.0 Å². The van der Waals surface area contributed by atoms with E-state index in [2.05, 4.69) is 14.2 Å². The average Bonchev–Trinajstić information content (AvgIpc) is 2.21. The number of methoxy groups -OCH3 is 2. The fourth-order valence-corrected chi connectivity index (χ4v) is 0.754. The van der Waals surface area contributed by atoms with E-state index < -0.39 is 11.9 Å². The van der Waals surface area contributed by atoms with Crippen LogP contribution in [0.2, 0.25) is 0 Å². The molecule has 14 heavy (non-hydrogen) atoms. The Hall–Kier alpha value is -1.36. The lowest BCUT2D eigenvalue weighted by Gasteiger charge is -2.04. The molecule has 0 aliphatic heterocycles. The molecule has 0 atom stereocenters. The number of esters is 2. The van der Waals surface area contributed by atoms with Crippen molar-refractivity contribution in [1.82, 2.24) is 0 Å². The van der Waals surface area contributed by atoms with Gasteiger partial charge in [0.2, 0.25) is 0 Å². The number of carbonyl (C=O) groups excluding carboxylic acids is 2. The second-order valence-electron chi connectivity index (χ2n) is 2.41. The standard InChI is InChI=1S/C9H14O5/c1-4-7(9(11)13-3)5-8(10)14-6-12-2/h4H,5-6H2,1-3H3. The Morgan fingerprint density at radius 1 is 1.29 bits per heavy atom. The number of rotatable bonds is 5. The molecule has 0 radical (unpaired) electrons. The predicted molar refractivity (Wildman–Crippen MR) is 48.4 cm³/mol. The first-order valence-corrected chi connectivity index (χ1v) is 4.03. The number of ether oxygens (including phenoxy) is 3. The minimum Gasteiger partial charge on any atom is -0.466 e. The first-order valence-electron chi connectivity index (χ1n) is 4.03. The number of allylic oxidation sites excluding steroid dienone is 1. The number of carbonyl (C=O) groups is 2. The summed E-state index contributed by atoms with van der Waals surface area (Å²) in [4.78, 5) is 22.1. The molecule has 80 valence electrons. The van der Waals surface area contributed by atoms with Gasteiger partial charge in [-0.25, -0.2) is 4.79 Å². The summed E-state index contributed by atoms with van der Waals surface area (Å²) in [6.07, 6.45) is 1.41. The molecule has 0 aliphatic carbocycles. The summed E-state index contributed by atoms with van der Waals surface area (Å²) in [6.45, 7) is 1.53. The van der Waals surface area contributed by atoms with E-state index in [1.165, 1.54) is 20.3 Å². The molecule has 0 bridgehead atoms. The average molecular weight is 202 g/mol. The normalized spacial score (nSPS) is 10.9. The van der Waals surface area contributed by atoms with Crippen molar-refractivity contribution in [2.75, 3.05) is 21.0 Å². The lowest BCUT2D eigenvalue weighted by atomic mass is 10.2. The SMILES string of the molecule is CC=C(CC(=O)OCOC)C(=O)OC. The van der Waals surface area contributed by atoms with Crippen LogP contribution in [0.3, 0.4) is 0 Å². The number of hydrogen-bond donors (Lipinski definition) is 0. The summed E-state index contributed by atoms with van der Waals surface area (Å²) in [5.74, 6) is -1.05. The van der Waals surface area contributed by atoms with Crippen molar-refractivity contribution in [3.8, 4) is 0 Å². The van der Waals surface area contributed by atoms with Crippen molar-refractivity contribution in [2.45, 2.75) is 13.3 Å². The zero-order valence-corrected chi connectivity index (χ0v) is 8.53. The minimum atomic E-state index is -0.526. The molecule has 0 N–H and O–H groups in total. The predicted octanol–water partition coefficient (Wildman–Crippen LogP) is 0.643. The second kappa shape index (κ2) is 7.08. The molecular formula is C9H14O5. The molecule has 0 aromatic rings. The highest BCUT2D eigenvalue weighted by Gasteiger charge is 2.13. The van der Waals surface area contributed by atoms with Crippen LogP contribution in [0.4, 0.5) is 0 Å². The first-order chi connectivity index (χ1) is 6.65. The van der Waals surface area contributed by atoms with Crippen molar-refractivity contribution < 1.29 is 23.8 Å². The third kappa shape index (κ3) is 4.61. The van der Waals surface area contributed by atoms with Gasteiger partial charge in [0.1, 0.15) is 0 Å². The van der Waals surface area contributed by atoms with Gasteiger partial charge in [0, 0.05) is 12.7 Å². The van der Waals surface area contributed by atoms with Gasteiger partial charge >= 0.3 is 11.9 Å². The maximum absolute atomic E-state index is 11.0. The maximum Gasteiger partial charge on any atom is 0.333 e. The molecule has 0 saturated carbocycles. The van der Waals surface area contributed by atoms with Crippen molar-refractivity contribution in [3.63, 3.8) is 0 Å². The largest absolute Gasteiger partial charge is 0.466 e. The molecule has 0 fully saturated rings. The van der Waals surface area contributed by atoms with E-state index >= 15 is 0 Å². The van der Waals surface area contributed by atoms with Crippen LogP contribution < -0.4 is 0 Å². The second-order valence-corrected chi connectivity index (χ2v) is 2.41. The van der Waals surface area contributed by atoms with Crippen molar-refractivity contribution in [1.29, 1.82) is 0 Å². The summed E-state index contributed by atoms with van der Waals surface area (Å²) in [7, 11) is 2.66. The zero-order valence-electron chi connectivity index (χ0n) is 8.53. The zero-order chi connectivity index (χ0) is 11.0. The smallest absolute Gasteiger partial charge is 0.333 e. The Labute approximate surface area is 82.6 Å². The molecule has 0 aromatic heterocycles. The summed E-state index contributed by atoms with van der Waals surface area (Å²) < 4.78 is 13.6. The summed E-state index contributed by atoms with van der Waals surface area (Å²) in [5.41, 5.74) is 0.272. The van der Waals surface area contributed by atoms with E-state index in [9.17, 15) is 9.59 Å². The molecule has 0 aliphatic rings. The van der Waals surface area contributed by atoms with E-state index in [4.69, 9.17) is 0 Å². The minimum absolute atomic E-state index is 0.105. The Morgan fingerprint density at radius 3 is 2.36 bits per heavy atom. The Kier molecular flexibility index (Phi) is 6.39. The first kappa shape index (κ1) is 12.6. The fourth-order valence-electron chi connectivity index (χ4n) is 0.754. The van der Waals surface area contributed by atoms with Gasteiger partial charge in [0.25, 0.3) is 0 Å². The summed E-state index contributed by atoms with van der Waals surface area (Å²) >= 11 is 0. The Morgan fingerprint density at radius 2 is 1.93 bits per heavy atom. The van der Waals surface area contributed by atoms with Crippen LogP contribution in [-0.2, 0) is 23.8 Å². The van der Waals surface area contributed by atoms with Crippen molar-refractivity contribution in [2.24, 2.45) is 0 Å². The van der Waals surface area contributed by atoms with Crippen LogP contribution in [0.1, 0.15) is 13.3 Å². The molecule has 5 nitrogen and oxygen atoms in total. The third-order valence-corrected chi connectivity index (χ3v) is 1.47. The van der Waals surface area contributed by atoms with Gasteiger partial charge in [-0.1, -0.05) is 6.08 Å². The van der Waals surface area contributed by atoms with Crippen molar-refractivity contribution in [3.05, 3.63) is 11.6 Å². The van der Waals surface area contributed by atoms with Crippen LogP contribution in [0.25, 0.3) is 0 Å². The lowest BCUT2D eigenvalue weighted by molar-refractivity contribution is -0.154. The van der Waals surface area contributed by atoms with Gasteiger partial charge in [0.05, 0.1) is 13.5 Å². The van der Waals surface area contributed by atoms with E-state index in [-0.39, 0.29) is 18.8 Å². The van der Waals surface area contributed by atoms with Crippen LogP contribution >= 0.6 is 0 Å². The fraction of sp³-hybridized carbons (Fsp3) is 0.556. The molecule has 5 heteroatoms. The quantitative estimate of drug-likeness (QED) is 0.372. The Bertz CT molecular complexity index is 231. The lowest BCUT2D eigenvalue weighted by Crippen LogP contribution is -2.13. The monoisotopic (exact) mass is 202 g/mol. The highest BCUT2D eigenvalue weighted by molar-refractivity contribution is 5.93. The third-order valence-electron chi connectivity index (χ3n) is 1.47. The molecule has 0 aromatic carbocycles. The van der Waals surface area contributed by atoms with Gasteiger partial charge < -0.3 is 14.2 Å². The summed E-state index contributed by atoms with van der Waals surface area (Å²) in [5, 5.41) is 0. The summed E-state index contributed by atoms with van der Waals surface area (Å²) in [6, 6.07) is 0. The van der Waals surface area contributed by atoms with Crippen LogP contribution in [0, 0.1) is 0 Å². The molecule has 0 saturated heterocycles. The van der Waals surface area contributed by atoms with E-state index in [1.807, 2.05) is 0 Å². The van der Waals surface area contributed by atoms with Gasteiger partial charge in [-0.15, -0.1) is 0 Å². The molecule has 0 unspecified atom stereocenters. The van der Waals surface area contributed by atoms with Gasteiger partial charge in [-0.05, 0) is 6.92 Å². The Balaban J connectivity index is 4.07. The van der Waals surface area contributed by atoms with E-state index in [1.54, 1.807) is 6.92 Å². The van der Waals surface area contributed by atoms with Crippen molar-refractivity contribution >= 4 is 11.9 Å². The molecule has 0 amide bonds. The van der Waals surface area contributed by atoms with Gasteiger partial charge in [-0.2, -0.15) is 0 Å². The highest BCUT2D eigenvalue weighted by Crippen LogP contribution is 2.04. The number of hydrogen-bond acceptors (Lipinski definition) is 5. The molecule has 0 heterocycles. The van der Waals surface area contributed by atoms with E-state index in [0.29, 0.717) is 0 Å². The van der Waals surface area contributed by atoms with Crippen LogP contribution in [0.15, 0.2) is 11.6 Å². The molecule has 0 rings (SSSR count). The van der Waals surface area contributed by atoms with Crippen LogP contribution in [0.5, 0.6) is 0 Å². The molecular weight excluding hydrogens is 188 g/mol. The topological polar surface area (TPSA) is 61.8 Å². The maximum atomic E-state index is 11.0. The van der Waals surface area contributed by atoms with Gasteiger partial charge in [0.15, 0.2) is 6.79 Å². The molecule has 0 spiro atoms. The highest BCUT2D eigenvalue weighted by atomic mass is 16.7. The van der Waals surface area contributed by atoms with E-state index in [0.717, 1.165) is 0 Å².